The highest BCUT2D eigenvalue weighted by Gasteiger charge is 2.23. The first-order valence-electron chi connectivity index (χ1n) is 6.97. The van der Waals surface area contributed by atoms with Crippen LogP contribution < -0.4 is 10.6 Å². The van der Waals surface area contributed by atoms with Crippen LogP contribution in [0.4, 0.5) is 11.8 Å². The fraction of sp³-hybridized carbons (Fsp3) is 0.571. The molecule has 0 aliphatic heterocycles. The molecule has 4 nitrogen and oxygen atoms in total. The van der Waals surface area contributed by atoms with E-state index in [-0.39, 0.29) is 0 Å². The third kappa shape index (κ3) is 2.27. The summed E-state index contributed by atoms with van der Waals surface area (Å²) >= 11 is 1.73. The molecule has 3 rings (SSSR count). The van der Waals surface area contributed by atoms with E-state index in [1.807, 2.05) is 0 Å². The van der Waals surface area contributed by atoms with Crippen molar-refractivity contribution in [1.82, 2.24) is 9.97 Å². The van der Waals surface area contributed by atoms with Crippen molar-refractivity contribution in [3.63, 3.8) is 0 Å². The van der Waals surface area contributed by atoms with E-state index in [0.29, 0.717) is 12.0 Å². The fourth-order valence-corrected chi connectivity index (χ4v) is 3.85. The molecule has 1 aliphatic rings. The third-order valence-electron chi connectivity index (χ3n) is 4.00. The summed E-state index contributed by atoms with van der Waals surface area (Å²) in [5.41, 5.74) is 5.87. The minimum absolute atomic E-state index is 0.386. The molecular weight excluding hydrogens is 256 g/mol. The summed E-state index contributed by atoms with van der Waals surface area (Å²) in [6.45, 7) is 2.17. The second-order valence-corrected chi connectivity index (χ2v) is 6.35. The van der Waals surface area contributed by atoms with Gasteiger partial charge in [-0.05, 0) is 25.3 Å². The van der Waals surface area contributed by atoms with Crippen LogP contribution in [0.1, 0.15) is 37.5 Å². The van der Waals surface area contributed by atoms with Gasteiger partial charge in [-0.2, -0.15) is 4.98 Å². The van der Waals surface area contributed by atoms with Crippen LogP contribution in [0.2, 0.25) is 0 Å². The summed E-state index contributed by atoms with van der Waals surface area (Å²) in [5.74, 6) is 1.39. The smallest absolute Gasteiger partial charge is 0.223 e. The van der Waals surface area contributed by atoms with Crippen LogP contribution in [-0.2, 0) is 6.42 Å². The lowest BCUT2D eigenvalue weighted by Gasteiger charge is -2.26. The first-order chi connectivity index (χ1) is 9.19. The number of hydrogen-bond acceptors (Lipinski definition) is 5. The van der Waals surface area contributed by atoms with Crippen molar-refractivity contribution in [3.05, 3.63) is 10.9 Å². The Balaban J connectivity index is 2.07. The van der Waals surface area contributed by atoms with Crippen molar-refractivity contribution >= 4 is 33.3 Å². The van der Waals surface area contributed by atoms with Gasteiger partial charge in [0.1, 0.15) is 10.6 Å². The summed E-state index contributed by atoms with van der Waals surface area (Å²) in [6, 6.07) is 2.82. The zero-order valence-corrected chi connectivity index (χ0v) is 12.3. The van der Waals surface area contributed by atoms with Crippen LogP contribution in [0.5, 0.6) is 0 Å². The van der Waals surface area contributed by atoms with Gasteiger partial charge in [0.15, 0.2) is 0 Å². The van der Waals surface area contributed by atoms with Crippen LogP contribution in [0, 0.1) is 0 Å². The second kappa shape index (κ2) is 4.96. The highest BCUT2D eigenvalue weighted by molar-refractivity contribution is 7.18. The lowest BCUT2D eigenvalue weighted by atomic mass is 10.2. The zero-order valence-electron chi connectivity index (χ0n) is 11.5. The number of hydrogen-bond donors (Lipinski definition) is 1. The van der Waals surface area contributed by atoms with E-state index in [2.05, 4.69) is 34.9 Å². The van der Waals surface area contributed by atoms with Crippen molar-refractivity contribution in [2.24, 2.45) is 0 Å². The van der Waals surface area contributed by atoms with Crippen LogP contribution in [0.3, 0.4) is 0 Å². The molecule has 1 saturated carbocycles. The average molecular weight is 276 g/mol. The SMILES string of the molecule is CCc1cc2c(N(C)C3CCCC3)nc(N)nc2s1. The van der Waals surface area contributed by atoms with Crippen molar-refractivity contribution in [2.45, 2.75) is 45.1 Å². The van der Waals surface area contributed by atoms with E-state index in [9.17, 15) is 0 Å². The van der Waals surface area contributed by atoms with Crippen LogP contribution >= 0.6 is 11.3 Å². The van der Waals surface area contributed by atoms with Gasteiger partial charge in [-0.15, -0.1) is 11.3 Å². The number of nitrogens with zero attached hydrogens (tertiary/aromatic N) is 3. The molecule has 0 atom stereocenters. The molecule has 1 aliphatic carbocycles. The van der Waals surface area contributed by atoms with Gasteiger partial charge in [-0.3, -0.25) is 0 Å². The van der Waals surface area contributed by atoms with E-state index in [1.54, 1.807) is 11.3 Å². The number of nitrogens with two attached hydrogens (primary N) is 1. The summed E-state index contributed by atoms with van der Waals surface area (Å²) < 4.78 is 0. The van der Waals surface area contributed by atoms with Crippen molar-refractivity contribution in [2.75, 3.05) is 17.7 Å². The van der Waals surface area contributed by atoms with Gasteiger partial charge in [0.2, 0.25) is 5.95 Å². The number of aromatic nitrogens is 2. The topological polar surface area (TPSA) is 55.0 Å². The molecule has 0 unspecified atom stereocenters. The molecule has 2 aromatic rings. The number of rotatable bonds is 3. The predicted molar refractivity (Wildman–Crippen MR) is 81.9 cm³/mol. The summed E-state index contributed by atoms with van der Waals surface area (Å²) in [7, 11) is 2.14. The maximum atomic E-state index is 5.87. The molecule has 2 N–H and O–H groups in total. The van der Waals surface area contributed by atoms with Crippen LogP contribution in [0.15, 0.2) is 6.07 Å². The van der Waals surface area contributed by atoms with E-state index >= 15 is 0 Å². The van der Waals surface area contributed by atoms with Crippen molar-refractivity contribution in [3.8, 4) is 0 Å². The highest BCUT2D eigenvalue weighted by atomic mass is 32.1. The maximum Gasteiger partial charge on any atom is 0.223 e. The Morgan fingerprint density at radius 3 is 2.79 bits per heavy atom. The Morgan fingerprint density at radius 1 is 1.37 bits per heavy atom. The van der Waals surface area contributed by atoms with Gasteiger partial charge >= 0.3 is 0 Å². The molecule has 5 heteroatoms. The molecule has 0 radical (unpaired) electrons. The van der Waals surface area contributed by atoms with Gasteiger partial charge in [0, 0.05) is 18.0 Å². The highest BCUT2D eigenvalue weighted by Crippen LogP contribution is 2.34. The van der Waals surface area contributed by atoms with Crippen LogP contribution in [0.25, 0.3) is 10.2 Å². The lowest BCUT2D eigenvalue weighted by molar-refractivity contribution is 0.648. The molecule has 0 bridgehead atoms. The van der Waals surface area contributed by atoms with Crippen molar-refractivity contribution in [1.29, 1.82) is 0 Å². The molecule has 102 valence electrons. The monoisotopic (exact) mass is 276 g/mol. The molecule has 19 heavy (non-hydrogen) atoms. The Bertz CT molecular complexity index is 586. The largest absolute Gasteiger partial charge is 0.368 e. The minimum atomic E-state index is 0.386. The zero-order chi connectivity index (χ0) is 13.4. The molecular formula is C14H20N4S. The van der Waals surface area contributed by atoms with Gasteiger partial charge in [-0.25, -0.2) is 4.98 Å². The van der Waals surface area contributed by atoms with Gasteiger partial charge < -0.3 is 10.6 Å². The Labute approximate surface area is 117 Å². The van der Waals surface area contributed by atoms with E-state index in [4.69, 9.17) is 5.73 Å². The standard InChI is InChI=1S/C14H20N4S/c1-3-10-8-11-12(16-14(15)17-13(11)19-10)18(2)9-6-4-5-7-9/h8-9H,3-7H2,1-2H3,(H2,15,16,17). The Morgan fingerprint density at radius 2 is 2.11 bits per heavy atom. The van der Waals surface area contributed by atoms with Gasteiger partial charge in [0.25, 0.3) is 0 Å². The van der Waals surface area contributed by atoms with Crippen molar-refractivity contribution < 1.29 is 0 Å². The fourth-order valence-electron chi connectivity index (χ4n) is 2.88. The summed E-state index contributed by atoms with van der Waals surface area (Å²) in [6.07, 6.45) is 6.19. The Hall–Kier alpha value is -1.36. The normalized spacial score (nSPS) is 16.3. The average Bonchev–Trinajstić information content (AvgIpc) is 3.05. The molecule has 0 aromatic carbocycles. The molecule has 2 aromatic heterocycles. The van der Waals surface area contributed by atoms with Crippen LogP contribution in [-0.4, -0.2) is 23.1 Å². The number of thiophene rings is 1. The quantitative estimate of drug-likeness (QED) is 0.935. The summed E-state index contributed by atoms with van der Waals surface area (Å²) in [4.78, 5) is 13.5. The number of anilines is 2. The Kier molecular flexibility index (Phi) is 3.31. The number of fused-ring (bicyclic) bond motifs is 1. The van der Waals surface area contributed by atoms with E-state index in [1.165, 1.54) is 30.6 Å². The molecule has 2 heterocycles. The van der Waals surface area contributed by atoms with E-state index < -0.39 is 0 Å². The van der Waals surface area contributed by atoms with Gasteiger partial charge in [-0.1, -0.05) is 19.8 Å². The predicted octanol–water partition coefficient (Wildman–Crippen LogP) is 3.21. The molecule has 0 spiro atoms. The first-order valence-corrected chi connectivity index (χ1v) is 7.79. The molecule has 0 saturated heterocycles. The first kappa shape index (κ1) is 12.7. The summed E-state index contributed by atoms with van der Waals surface area (Å²) in [5, 5.41) is 1.16. The minimum Gasteiger partial charge on any atom is -0.368 e. The number of aryl methyl sites for hydroxylation is 1. The van der Waals surface area contributed by atoms with Gasteiger partial charge in [0.05, 0.1) is 5.39 Å². The number of nitrogen functional groups attached to an aromatic ring is 1. The second-order valence-electron chi connectivity index (χ2n) is 5.24. The van der Waals surface area contributed by atoms with E-state index in [0.717, 1.165) is 22.5 Å². The molecule has 0 amide bonds. The third-order valence-corrected chi connectivity index (χ3v) is 5.17. The maximum absolute atomic E-state index is 5.87. The molecule has 1 fully saturated rings. The lowest BCUT2D eigenvalue weighted by Crippen LogP contribution is -2.30.